The maximum atomic E-state index is 12.2. The fourth-order valence-electron chi connectivity index (χ4n) is 4.67. The number of aliphatic hydroxyl groups excluding tert-OH is 6. The Morgan fingerprint density at radius 2 is 0.824 bits per heavy atom. The molecule has 0 aromatic carbocycles. The molecule has 2 saturated heterocycles. The summed E-state index contributed by atoms with van der Waals surface area (Å²) in [6.45, 7) is -0.905. The fraction of sp³-hybridized carbons (Fsp3) is 0.867. The summed E-state index contributed by atoms with van der Waals surface area (Å²) in [7, 11) is 0. The van der Waals surface area contributed by atoms with Gasteiger partial charge in [0, 0.05) is 47.7 Å². The molecule has 296 valence electrons. The van der Waals surface area contributed by atoms with Crippen LogP contribution in [0.25, 0.3) is 0 Å². The highest BCUT2D eigenvalue weighted by Crippen LogP contribution is 2.28. The van der Waals surface area contributed by atoms with Crippen LogP contribution in [-0.2, 0) is 52.3 Å². The molecule has 0 amide bonds. The van der Waals surface area contributed by atoms with Gasteiger partial charge in [-0.05, 0) is 25.7 Å². The Bertz CT molecular complexity index is 996. The third kappa shape index (κ3) is 16.4. The van der Waals surface area contributed by atoms with E-state index in [2.05, 4.69) is 50.5 Å². The zero-order valence-electron chi connectivity index (χ0n) is 27.8. The summed E-state index contributed by atoms with van der Waals surface area (Å²) in [5.74, 6) is -1.41. The predicted molar refractivity (Wildman–Crippen MR) is 188 cm³/mol. The van der Waals surface area contributed by atoms with Crippen molar-refractivity contribution in [1.29, 1.82) is 0 Å². The van der Waals surface area contributed by atoms with Crippen LogP contribution in [0, 0.1) is 0 Å². The van der Waals surface area contributed by atoms with Gasteiger partial charge in [-0.3, -0.25) is 19.2 Å². The molecule has 2 aliphatic rings. The topological polar surface area (TPSA) is 254 Å². The molecule has 0 aromatic rings. The maximum absolute atomic E-state index is 12.2. The van der Waals surface area contributed by atoms with E-state index in [9.17, 15) is 49.8 Å². The first kappa shape index (κ1) is 46.1. The molecule has 2 heterocycles. The second-order valence-corrected chi connectivity index (χ2v) is 14.2. The molecule has 0 aromatic heterocycles. The second-order valence-electron chi connectivity index (χ2n) is 12.0. The van der Waals surface area contributed by atoms with E-state index >= 15 is 0 Å². The fourth-order valence-corrected chi connectivity index (χ4v) is 5.03. The summed E-state index contributed by atoms with van der Waals surface area (Å²) in [4.78, 5) is 48.0. The zero-order chi connectivity index (χ0) is 38.1. The summed E-state index contributed by atoms with van der Waals surface area (Å²) in [6, 6.07) is 0. The van der Waals surface area contributed by atoms with Crippen molar-refractivity contribution in [3.05, 3.63) is 0 Å². The molecule has 2 fully saturated rings. The summed E-state index contributed by atoms with van der Waals surface area (Å²) in [6.07, 6.45) is -16.1. The van der Waals surface area contributed by atoms with Crippen LogP contribution >= 0.6 is 50.5 Å². The molecule has 0 radical (unpaired) electrons. The van der Waals surface area contributed by atoms with Crippen LogP contribution in [0.3, 0.4) is 0 Å². The highest BCUT2D eigenvalue weighted by atomic mass is 32.1. The number of esters is 4. The third-order valence-electron chi connectivity index (χ3n) is 7.74. The summed E-state index contributed by atoms with van der Waals surface area (Å²) in [5.41, 5.74) is 0. The van der Waals surface area contributed by atoms with Gasteiger partial charge in [-0.1, -0.05) is 0 Å². The minimum Gasteiger partial charge on any atom is -0.464 e. The van der Waals surface area contributed by atoms with Crippen molar-refractivity contribution in [3.8, 4) is 0 Å². The first-order valence-electron chi connectivity index (χ1n) is 16.4. The van der Waals surface area contributed by atoms with Gasteiger partial charge in [0.1, 0.15) is 75.3 Å². The number of hydrogen-bond acceptors (Lipinski definition) is 21. The van der Waals surface area contributed by atoms with E-state index in [4.69, 9.17) is 33.2 Å². The van der Waals surface area contributed by atoms with E-state index in [-0.39, 0.29) is 49.4 Å². The molecule has 6 N–H and O–H groups in total. The van der Waals surface area contributed by atoms with Crippen molar-refractivity contribution in [2.24, 2.45) is 0 Å². The molecule has 0 saturated carbocycles. The average molecular weight is 811 g/mol. The molecule has 2 unspecified atom stereocenters. The molecular weight excluding hydrogens is 761 g/mol. The van der Waals surface area contributed by atoms with Gasteiger partial charge in [0.15, 0.2) is 12.6 Å². The van der Waals surface area contributed by atoms with Crippen LogP contribution in [0.4, 0.5) is 0 Å². The monoisotopic (exact) mass is 810 g/mol. The standard InChI is InChI=1S/C30H50O17S4/c31-19(41-9-15(50)13-48)5-1-3-7-21(33)43-11-17-23(35)25(37)27(39)29(45-17)47-30-28(40)26(38)24(36)18(46-30)12-44-22(34)8-4-2-6-20(32)42-10-16(51)14-49/h15-18,23-30,35-40,48-51H,1-14H2/t15?,16?,17-,18-,23-,24-,25+,26+,27-,28-,29-,30-/m1/s1. The third-order valence-corrected chi connectivity index (χ3v) is 9.86. The van der Waals surface area contributed by atoms with Crippen LogP contribution in [0.15, 0.2) is 0 Å². The van der Waals surface area contributed by atoms with Crippen molar-refractivity contribution >= 4 is 74.4 Å². The Labute approximate surface area is 317 Å². The van der Waals surface area contributed by atoms with Crippen LogP contribution in [0.5, 0.6) is 0 Å². The number of hydrogen-bond donors (Lipinski definition) is 10. The highest BCUT2D eigenvalue weighted by molar-refractivity contribution is 7.85. The number of ether oxygens (including phenoxy) is 7. The van der Waals surface area contributed by atoms with Gasteiger partial charge in [-0.2, -0.15) is 50.5 Å². The molecule has 2 aliphatic heterocycles. The summed E-state index contributed by atoms with van der Waals surface area (Å²) in [5, 5.41) is 62.2. The van der Waals surface area contributed by atoms with Gasteiger partial charge in [-0.25, -0.2) is 0 Å². The van der Waals surface area contributed by atoms with Gasteiger partial charge in [0.2, 0.25) is 0 Å². The molecule has 2 rings (SSSR count). The molecule has 0 bridgehead atoms. The Morgan fingerprint density at radius 3 is 1.14 bits per heavy atom. The molecule has 17 nitrogen and oxygen atoms in total. The molecule has 0 spiro atoms. The Morgan fingerprint density at radius 1 is 0.510 bits per heavy atom. The second kappa shape index (κ2) is 24.4. The highest BCUT2D eigenvalue weighted by Gasteiger charge is 2.50. The Hall–Kier alpha value is -1.08. The van der Waals surface area contributed by atoms with Gasteiger partial charge < -0.3 is 63.8 Å². The summed E-state index contributed by atoms with van der Waals surface area (Å²) >= 11 is 16.4. The first-order valence-corrected chi connectivity index (χ1v) is 18.7. The molecule has 0 aliphatic carbocycles. The van der Waals surface area contributed by atoms with Crippen LogP contribution in [0.1, 0.15) is 51.4 Å². The van der Waals surface area contributed by atoms with Crippen molar-refractivity contribution in [3.63, 3.8) is 0 Å². The van der Waals surface area contributed by atoms with Gasteiger partial charge in [0.05, 0.1) is 0 Å². The number of carbonyl (C=O) groups is 4. The van der Waals surface area contributed by atoms with Crippen molar-refractivity contribution < 1.29 is 83.0 Å². The minimum absolute atomic E-state index is 0.0761. The van der Waals surface area contributed by atoms with E-state index in [0.717, 1.165) is 0 Å². The number of thiol groups is 4. The lowest BCUT2D eigenvalue weighted by Crippen LogP contribution is -2.64. The SMILES string of the molecule is O=C(CCCCC(=O)OC[C@H]1O[C@H](O[C@H]2O[C@H](COC(=O)CCCCC(=O)OCC(S)CS)[C@@H](O)[C@H](O)[C@H]2O)[C@H](O)[C@@H](O)[C@@H]1O)OCC(S)CS. The Balaban J connectivity index is 1.81. The molecule has 51 heavy (non-hydrogen) atoms. The average Bonchev–Trinajstić information content (AvgIpc) is 3.12. The van der Waals surface area contributed by atoms with Crippen LogP contribution in [0.2, 0.25) is 0 Å². The van der Waals surface area contributed by atoms with Crippen LogP contribution in [-0.4, -0.2) is 164 Å². The number of unbranched alkanes of at least 4 members (excludes halogenated alkanes) is 2. The molecule has 21 heteroatoms. The van der Waals surface area contributed by atoms with Crippen molar-refractivity contribution in [2.45, 2.75) is 123 Å². The van der Waals surface area contributed by atoms with Crippen LogP contribution < -0.4 is 0 Å². The minimum atomic E-state index is -1.90. The predicted octanol–water partition coefficient (Wildman–Crippen LogP) is -1.63. The Kier molecular flexibility index (Phi) is 22.0. The van der Waals surface area contributed by atoms with E-state index in [1.54, 1.807) is 0 Å². The van der Waals surface area contributed by atoms with Crippen molar-refractivity contribution in [1.82, 2.24) is 0 Å². The number of aliphatic hydroxyl groups is 6. The van der Waals surface area contributed by atoms with Gasteiger partial charge in [-0.15, -0.1) is 0 Å². The lowest BCUT2D eigenvalue weighted by molar-refractivity contribution is -0.376. The summed E-state index contributed by atoms with van der Waals surface area (Å²) < 4.78 is 36.8. The molecular formula is C30H50O17S4. The lowest BCUT2D eigenvalue weighted by atomic mass is 9.98. The lowest BCUT2D eigenvalue weighted by Gasteiger charge is -2.44. The molecule has 12 atom stereocenters. The number of rotatable bonds is 22. The number of carbonyl (C=O) groups excluding carboxylic acids is 4. The van der Waals surface area contributed by atoms with E-state index in [0.29, 0.717) is 37.2 Å². The first-order chi connectivity index (χ1) is 24.2. The van der Waals surface area contributed by atoms with Gasteiger partial charge >= 0.3 is 23.9 Å². The van der Waals surface area contributed by atoms with Crippen molar-refractivity contribution in [2.75, 3.05) is 37.9 Å². The largest absolute Gasteiger partial charge is 0.464 e. The maximum Gasteiger partial charge on any atom is 0.305 e. The van der Waals surface area contributed by atoms with E-state index < -0.39 is 98.5 Å². The quantitative estimate of drug-likeness (QED) is 0.0255. The van der Waals surface area contributed by atoms with Gasteiger partial charge in [0.25, 0.3) is 0 Å². The smallest absolute Gasteiger partial charge is 0.305 e. The normalized spacial score (nSPS) is 30.5. The van der Waals surface area contributed by atoms with E-state index in [1.807, 2.05) is 0 Å². The zero-order valence-corrected chi connectivity index (χ0v) is 31.4. The van der Waals surface area contributed by atoms with E-state index in [1.165, 1.54) is 0 Å².